The minimum Gasteiger partial charge on any atom is -0.450 e. The van der Waals surface area contributed by atoms with Gasteiger partial charge in [0.05, 0.1) is 30.3 Å². The third-order valence-corrected chi connectivity index (χ3v) is 7.31. The van der Waals surface area contributed by atoms with Gasteiger partial charge in [-0.05, 0) is 24.1 Å². The smallest absolute Gasteiger partial charge is 0.416 e. The molecule has 5 heterocycles. The summed E-state index contributed by atoms with van der Waals surface area (Å²) in [7, 11) is 3.31. The molecule has 14 heteroatoms. The summed E-state index contributed by atoms with van der Waals surface area (Å²) in [6.07, 6.45) is 4.18. The molecule has 1 aliphatic heterocycles. The fourth-order valence-electron chi connectivity index (χ4n) is 4.86. The molecule has 0 aliphatic carbocycles. The Bertz CT molecular complexity index is 1700. The lowest BCUT2D eigenvalue weighted by Gasteiger charge is -2.20. The van der Waals surface area contributed by atoms with Crippen molar-refractivity contribution in [3.8, 4) is 11.5 Å². The van der Waals surface area contributed by atoms with Gasteiger partial charge >= 0.3 is 6.18 Å². The van der Waals surface area contributed by atoms with E-state index in [4.69, 9.17) is 21.1 Å². The van der Waals surface area contributed by atoms with Crippen molar-refractivity contribution in [3.05, 3.63) is 65.3 Å². The number of nitrogens with zero attached hydrogens (tertiary/aromatic N) is 7. The van der Waals surface area contributed by atoms with Crippen molar-refractivity contribution in [3.63, 3.8) is 0 Å². The molecular formula is C26H24ClF3N8O2. The Morgan fingerprint density at radius 1 is 1.18 bits per heavy atom. The molecule has 0 amide bonds. The van der Waals surface area contributed by atoms with Crippen LogP contribution >= 0.6 is 11.6 Å². The molecule has 208 valence electrons. The van der Waals surface area contributed by atoms with Gasteiger partial charge in [-0.3, -0.25) is 9.88 Å². The molecule has 1 atom stereocenters. The number of alkyl halides is 3. The first-order valence-electron chi connectivity index (χ1n) is 12.4. The number of rotatable bonds is 7. The summed E-state index contributed by atoms with van der Waals surface area (Å²) >= 11 is 6.68. The lowest BCUT2D eigenvalue weighted by atomic mass is 10.1. The number of anilines is 2. The standard InChI is InChI=1S/C26H24ClF3N8O2/c1-36-23-22(27)21(40-20-12-33-38-8-6-31-10-19(20)38)11-32-24(23)35-25(36)34-16-4-3-15(18(9-16)26(28,29)30)13-37-7-5-17(14-37)39-2/h3-4,6,8-12,17H,5,7,13-14H2,1-2H3,(H,32,34,35)/t17-/m0/s1. The maximum atomic E-state index is 14.0. The fourth-order valence-corrected chi connectivity index (χ4v) is 5.16. The summed E-state index contributed by atoms with van der Waals surface area (Å²) in [5.74, 6) is 0.969. The van der Waals surface area contributed by atoms with E-state index in [1.165, 1.54) is 18.5 Å². The van der Waals surface area contributed by atoms with Crippen molar-refractivity contribution in [2.45, 2.75) is 25.2 Å². The maximum Gasteiger partial charge on any atom is 0.416 e. The first-order valence-corrected chi connectivity index (χ1v) is 12.8. The molecule has 5 aromatic rings. The molecule has 1 N–H and O–H groups in total. The Hall–Kier alpha value is -3.94. The molecule has 1 aromatic carbocycles. The molecule has 40 heavy (non-hydrogen) atoms. The zero-order valence-electron chi connectivity index (χ0n) is 21.5. The predicted octanol–water partition coefficient (Wildman–Crippen LogP) is 5.44. The van der Waals surface area contributed by atoms with Crippen LogP contribution in [0.5, 0.6) is 11.5 Å². The van der Waals surface area contributed by atoms with Gasteiger partial charge in [0.1, 0.15) is 16.1 Å². The maximum absolute atomic E-state index is 14.0. The van der Waals surface area contributed by atoms with Gasteiger partial charge in [-0.25, -0.2) is 9.50 Å². The highest BCUT2D eigenvalue weighted by Crippen LogP contribution is 2.38. The number of likely N-dealkylation sites (tertiary alicyclic amines) is 1. The minimum atomic E-state index is -4.52. The van der Waals surface area contributed by atoms with Crippen LogP contribution in [0.3, 0.4) is 0 Å². The molecule has 0 radical (unpaired) electrons. The van der Waals surface area contributed by atoms with E-state index < -0.39 is 11.7 Å². The Kier molecular flexibility index (Phi) is 6.72. The van der Waals surface area contributed by atoms with Crippen molar-refractivity contribution in [1.82, 2.24) is 34.0 Å². The van der Waals surface area contributed by atoms with E-state index >= 15 is 0 Å². The molecular weight excluding hydrogens is 549 g/mol. The fraction of sp³-hybridized carbons (Fsp3) is 0.308. The lowest BCUT2D eigenvalue weighted by molar-refractivity contribution is -0.138. The normalized spacial score (nSPS) is 16.3. The first-order chi connectivity index (χ1) is 19.2. The van der Waals surface area contributed by atoms with Crippen LogP contribution in [0.25, 0.3) is 16.7 Å². The van der Waals surface area contributed by atoms with E-state index in [0.29, 0.717) is 35.5 Å². The third-order valence-electron chi connectivity index (χ3n) is 6.94. The summed E-state index contributed by atoms with van der Waals surface area (Å²) in [4.78, 5) is 14.8. The van der Waals surface area contributed by atoms with Crippen LogP contribution in [0.2, 0.25) is 5.02 Å². The lowest BCUT2D eigenvalue weighted by Crippen LogP contribution is -2.24. The molecule has 1 saturated heterocycles. The van der Waals surface area contributed by atoms with Gasteiger partial charge < -0.3 is 19.4 Å². The van der Waals surface area contributed by atoms with Crippen molar-refractivity contribution in [2.75, 3.05) is 25.5 Å². The van der Waals surface area contributed by atoms with Crippen molar-refractivity contribution in [1.29, 1.82) is 0 Å². The first kappa shape index (κ1) is 26.3. The number of halogens is 4. The summed E-state index contributed by atoms with van der Waals surface area (Å²) in [6.45, 7) is 1.47. The van der Waals surface area contributed by atoms with E-state index in [1.807, 2.05) is 4.90 Å². The van der Waals surface area contributed by atoms with E-state index in [2.05, 4.69) is 25.4 Å². The van der Waals surface area contributed by atoms with Gasteiger partial charge in [-0.1, -0.05) is 17.7 Å². The van der Waals surface area contributed by atoms with Crippen LogP contribution < -0.4 is 10.1 Å². The topological polar surface area (TPSA) is 94.6 Å². The number of fused-ring (bicyclic) bond motifs is 2. The highest BCUT2D eigenvalue weighted by Gasteiger charge is 2.35. The van der Waals surface area contributed by atoms with Crippen LogP contribution in [0.15, 0.2) is 49.2 Å². The van der Waals surface area contributed by atoms with E-state index in [0.717, 1.165) is 12.5 Å². The van der Waals surface area contributed by atoms with Crippen LogP contribution in [0.4, 0.5) is 24.8 Å². The summed E-state index contributed by atoms with van der Waals surface area (Å²) in [5, 5.41) is 7.44. The number of benzene rings is 1. The number of nitrogens with one attached hydrogen (secondary N) is 1. The molecule has 0 spiro atoms. The minimum absolute atomic E-state index is 0.0378. The zero-order chi connectivity index (χ0) is 28.0. The average Bonchev–Trinajstić information content (AvgIpc) is 3.64. The number of imidazole rings is 1. The molecule has 0 unspecified atom stereocenters. The summed E-state index contributed by atoms with van der Waals surface area (Å²) < 4.78 is 56.7. The summed E-state index contributed by atoms with van der Waals surface area (Å²) in [6, 6.07) is 4.20. The van der Waals surface area contributed by atoms with Crippen LogP contribution in [0, 0.1) is 0 Å². The van der Waals surface area contributed by atoms with E-state index in [1.54, 1.807) is 47.9 Å². The highest BCUT2D eigenvalue weighted by atomic mass is 35.5. The third kappa shape index (κ3) is 4.91. The average molecular weight is 573 g/mol. The zero-order valence-corrected chi connectivity index (χ0v) is 22.2. The molecule has 4 aromatic heterocycles. The number of aryl methyl sites for hydroxylation is 1. The van der Waals surface area contributed by atoms with Crippen LogP contribution in [-0.2, 0) is 24.5 Å². The molecule has 1 fully saturated rings. The molecule has 6 rings (SSSR count). The number of hydrogen-bond donors (Lipinski definition) is 1. The van der Waals surface area contributed by atoms with Crippen molar-refractivity contribution < 1.29 is 22.6 Å². The molecule has 0 saturated carbocycles. The van der Waals surface area contributed by atoms with Gasteiger partial charge in [0.15, 0.2) is 17.1 Å². The Morgan fingerprint density at radius 2 is 2.02 bits per heavy atom. The van der Waals surface area contributed by atoms with Crippen molar-refractivity contribution >= 4 is 39.9 Å². The molecule has 10 nitrogen and oxygen atoms in total. The molecule has 1 aliphatic rings. The summed E-state index contributed by atoms with van der Waals surface area (Å²) in [5.41, 5.74) is 1.13. The van der Waals surface area contributed by atoms with E-state index in [-0.39, 0.29) is 40.6 Å². The second-order valence-electron chi connectivity index (χ2n) is 9.50. The number of hydrogen-bond acceptors (Lipinski definition) is 8. The Balaban J connectivity index is 1.28. The quantitative estimate of drug-likeness (QED) is 0.275. The van der Waals surface area contributed by atoms with Gasteiger partial charge in [0, 0.05) is 51.9 Å². The van der Waals surface area contributed by atoms with Crippen LogP contribution in [-0.4, -0.2) is 60.3 Å². The molecule has 0 bridgehead atoms. The van der Waals surface area contributed by atoms with Crippen molar-refractivity contribution in [2.24, 2.45) is 7.05 Å². The Labute approximate surface area is 231 Å². The monoisotopic (exact) mass is 572 g/mol. The number of pyridine rings is 1. The number of methoxy groups -OCH3 is 1. The number of aromatic nitrogens is 6. The van der Waals surface area contributed by atoms with Gasteiger partial charge in [-0.15, -0.1) is 0 Å². The van der Waals surface area contributed by atoms with Gasteiger partial charge in [-0.2, -0.15) is 23.3 Å². The Morgan fingerprint density at radius 3 is 2.80 bits per heavy atom. The van der Waals surface area contributed by atoms with Crippen LogP contribution in [0.1, 0.15) is 17.5 Å². The largest absolute Gasteiger partial charge is 0.450 e. The predicted molar refractivity (Wildman–Crippen MR) is 142 cm³/mol. The van der Waals surface area contributed by atoms with Gasteiger partial charge in [0.2, 0.25) is 5.95 Å². The van der Waals surface area contributed by atoms with Gasteiger partial charge in [0.25, 0.3) is 0 Å². The second-order valence-corrected chi connectivity index (χ2v) is 9.87. The second kappa shape index (κ2) is 10.2. The van der Waals surface area contributed by atoms with E-state index in [9.17, 15) is 13.2 Å². The SMILES string of the molecule is CO[C@H]1CCN(Cc2ccc(Nc3nc4ncc(Oc5cnn6ccncc56)c(Cl)c4n3C)cc2C(F)(F)F)C1. The number of ether oxygens (including phenoxy) is 2. The highest BCUT2D eigenvalue weighted by molar-refractivity contribution is 6.36.